The SMILES string of the molecule is Cc1[nH]c(C(=O)OCC(=O)NCc2ccc(N(C)C)cc2)c(C)c1C(=O)OC(C)C. The number of rotatable bonds is 8. The molecule has 0 saturated carbocycles. The van der Waals surface area contributed by atoms with E-state index < -0.39 is 24.5 Å². The predicted molar refractivity (Wildman–Crippen MR) is 114 cm³/mol. The number of aryl methyl sites for hydroxylation is 1. The molecule has 2 rings (SSSR count). The molecule has 1 aromatic heterocycles. The minimum atomic E-state index is -0.704. The fourth-order valence-electron chi connectivity index (χ4n) is 2.90. The largest absolute Gasteiger partial charge is 0.459 e. The number of nitrogens with one attached hydrogen (secondary N) is 2. The van der Waals surface area contributed by atoms with Crippen LogP contribution in [0.15, 0.2) is 24.3 Å². The van der Waals surface area contributed by atoms with Crippen LogP contribution in [0.1, 0.15) is 51.5 Å². The van der Waals surface area contributed by atoms with Crippen LogP contribution in [0, 0.1) is 13.8 Å². The Morgan fingerprint density at radius 2 is 1.70 bits per heavy atom. The summed E-state index contributed by atoms with van der Waals surface area (Å²) in [7, 11) is 3.91. The van der Waals surface area contributed by atoms with Gasteiger partial charge in [0.25, 0.3) is 5.91 Å². The van der Waals surface area contributed by atoms with Gasteiger partial charge in [-0.2, -0.15) is 0 Å². The van der Waals surface area contributed by atoms with Gasteiger partial charge in [-0.05, 0) is 51.0 Å². The summed E-state index contributed by atoms with van der Waals surface area (Å²) < 4.78 is 10.3. The third kappa shape index (κ3) is 5.85. The summed E-state index contributed by atoms with van der Waals surface area (Å²) in [6.07, 6.45) is -0.274. The minimum absolute atomic E-state index is 0.135. The van der Waals surface area contributed by atoms with Gasteiger partial charge >= 0.3 is 11.9 Å². The van der Waals surface area contributed by atoms with E-state index in [9.17, 15) is 14.4 Å². The number of esters is 2. The molecule has 1 amide bonds. The summed E-state index contributed by atoms with van der Waals surface area (Å²) in [5, 5.41) is 2.71. The Kier molecular flexibility index (Phi) is 7.63. The molecular formula is C22H29N3O5. The van der Waals surface area contributed by atoms with Gasteiger partial charge in [0, 0.05) is 32.0 Å². The van der Waals surface area contributed by atoms with E-state index in [0.717, 1.165) is 11.3 Å². The van der Waals surface area contributed by atoms with Gasteiger partial charge in [-0.25, -0.2) is 9.59 Å². The molecular weight excluding hydrogens is 386 g/mol. The van der Waals surface area contributed by atoms with Crippen molar-refractivity contribution in [2.45, 2.75) is 40.3 Å². The highest BCUT2D eigenvalue weighted by Gasteiger charge is 2.24. The maximum absolute atomic E-state index is 12.4. The van der Waals surface area contributed by atoms with E-state index in [-0.39, 0.29) is 11.8 Å². The van der Waals surface area contributed by atoms with Crippen LogP contribution in [0.2, 0.25) is 0 Å². The third-order valence-corrected chi connectivity index (χ3v) is 4.47. The van der Waals surface area contributed by atoms with Crippen molar-refractivity contribution in [2.24, 2.45) is 0 Å². The van der Waals surface area contributed by atoms with Crippen molar-refractivity contribution in [1.82, 2.24) is 10.3 Å². The van der Waals surface area contributed by atoms with Crippen molar-refractivity contribution in [3.05, 3.63) is 52.3 Å². The lowest BCUT2D eigenvalue weighted by atomic mass is 10.1. The molecule has 1 aromatic carbocycles. The van der Waals surface area contributed by atoms with E-state index in [2.05, 4.69) is 10.3 Å². The van der Waals surface area contributed by atoms with E-state index >= 15 is 0 Å². The predicted octanol–water partition coefficient (Wildman–Crippen LogP) is 2.74. The van der Waals surface area contributed by atoms with Crippen LogP contribution >= 0.6 is 0 Å². The van der Waals surface area contributed by atoms with Gasteiger partial charge in [0.05, 0.1) is 11.7 Å². The lowest BCUT2D eigenvalue weighted by Gasteiger charge is -2.13. The van der Waals surface area contributed by atoms with Crippen molar-refractivity contribution in [3.8, 4) is 0 Å². The first-order valence-electron chi connectivity index (χ1n) is 9.70. The number of ether oxygens (including phenoxy) is 2. The molecule has 8 nitrogen and oxygen atoms in total. The summed E-state index contributed by atoms with van der Waals surface area (Å²) in [4.78, 5) is 41.5. The number of nitrogens with zero attached hydrogens (tertiary/aromatic N) is 1. The number of benzene rings is 1. The second-order valence-corrected chi connectivity index (χ2v) is 7.49. The number of carbonyl (C=O) groups excluding carboxylic acids is 3. The first-order chi connectivity index (χ1) is 14.1. The highest BCUT2D eigenvalue weighted by molar-refractivity contribution is 5.99. The van der Waals surface area contributed by atoms with E-state index in [1.165, 1.54) is 0 Å². The van der Waals surface area contributed by atoms with Gasteiger partial charge < -0.3 is 24.7 Å². The molecule has 0 bridgehead atoms. The maximum Gasteiger partial charge on any atom is 0.355 e. The van der Waals surface area contributed by atoms with Gasteiger partial charge in [0.1, 0.15) is 5.69 Å². The Hall–Kier alpha value is -3.29. The zero-order valence-corrected chi connectivity index (χ0v) is 18.3. The van der Waals surface area contributed by atoms with Crippen LogP contribution in [0.5, 0.6) is 0 Å². The van der Waals surface area contributed by atoms with Crippen LogP contribution < -0.4 is 10.2 Å². The Balaban J connectivity index is 1.90. The molecule has 0 saturated heterocycles. The number of amides is 1. The molecule has 2 N–H and O–H groups in total. The van der Waals surface area contributed by atoms with Gasteiger partial charge in [0.2, 0.25) is 0 Å². The lowest BCUT2D eigenvalue weighted by Crippen LogP contribution is -2.28. The van der Waals surface area contributed by atoms with Crippen molar-refractivity contribution in [3.63, 3.8) is 0 Å². The fraction of sp³-hybridized carbons (Fsp3) is 0.409. The van der Waals surface area contributed by atoms with Gasteiger partial charge in [-0.3, -0.25) is 4.79 Å². The summed E-state index contributed by atoms with van der Waals surface area (Å²) in [5.74, 6) is -1.63. The number of aromatic nitrogens is 1. The summed E-state index contributed by atoms with van der Waals surface area (Å²) in [6.45, 7) is 6.72. The summed E-state index contributed by atoms with van der Waals surface area (Å²) in [5.41, 5.74) is 3.38. The molecule has 0 spiro atoms. The summed E-state index contributed by atoms with van der Waals surface area (Å²) >= 11 is 0. The average molecular weight is 415 g/mol. The molecule has 0 aliphatic heterocycles. The van der Waals surface area contributed by atoms with Crippen LogP contribution in [-0.4, -0.2) is 49.6 Å². The van der Waals surface area contributed by atoms with Crippen molar-refractivity contribution in [1.29, 1.82) is 0 Å². The number of aromatic amines is 1. The van der Waals surface area contributed by atoms with E-state index in [0.29, 0.717) is 23.4 Å². The van der Waals surface area contributed by atoms with E-state index in [1.54, 1.807) is 27.7 Å². The molecule has 162 valence electrons. The standard InChI is InChI=1S/C22H29N3O5/c1-13(2)30-21(27)19-14(3)20(24-15(19)4)22(28)29-12-18(26)23-11-16-7-9-17(10-8-16)25(5)6/h7-10,13,24H,11-12H2,1-6H3,(H,23,26). The number of anilines is 1. The highest BCUT2D eigenvalue weighted by atomic mass is 16.5. The van der Waals surface area contributed by atoms with Crippen LogP contribution in [0.3, 0.4) is 0 Å². The molecule has 0 atom stereocenters. The van der Waals surface area contributed by atoms with Crippen molar-refractivity contribution < 1.29 is 23.9 Å². The number of hydrogen-bond acceptors (Lipinski definition) is 6. The Labute approximate surface area is 176 Å². The Bertz CT molecular complexity index is 914. The van der Waals surface area contributed by atoms with E-state index in [4.69, 9.17) is 9.47 Å². The number of hydrogen-bond donors (Lipinski definition) is 2. The maximum atomic E-state index is 12.4. The van der Waals surface area contributed by atoms with Gasteiger partial charge in [0.15, 0.2) is 6.61 Å². The normalized spacial score (nSPS) is 10.6. The van der Waals surface area contributed by atoms with Gasteiger partial charge in [-0.15, -0.1) is 0 Å². The quantitative estimate of drug-likeness (QED) is 0.643. The number of carbonyl (C=O) groups is 3. The molecule has 2 aromatic rings. The van der Waals surface area contributed by atoms with Crippen molar-refractivity contribution in [2.75, 3.05) is 25.6 Å². The third-order valence-electron chi connectivity index (χ3n) is 4.47. The minimum Gasteiger partial charge on any atom is -0.459 e. The molecule has 0 unspecified atom stereocenters. The lowest BCUT2D eigenvalue weighted by molar-refractivity contribution is -0.124. The zero-order valence-electron chi connectivity index (χ0n) is 18.3. The molecule has 30 heavy (non-hydrogen) atoms. The van der Waals surface area contributed by atoms with Crippen LogP contribution in [0.4, 0.5) is 5.69 Å². The van der Waals surface area contributed by atoms with Crippen LogP contribution in [-0.2, 0) is 20.8 Å². The molecule has 1 heterocycles. The topological polar surface area (TPSA) is 101 Å². The first kappa shape index (κ1) is 23.0. The molecule has 0 radical (unpaired) electrons. The monoisotopic (exact) mass is 415 g/mol. The Morgan fingerprint density at radius 1 is 1.07 bits per heavy atom. The second-order valence-electron chi connectivity index (χ2n) is 7.49. The van der Waals surface area contributed by atoms with E-state index in [1.807, 2.05) is 43.3 Å². The molecule has 8 heteroatoms. The molecule has 0 aliphatic carbocycles. The molecule has 0 fully saturated rings. The van der Waals surface area contributed by atoms with Crippen molar-refractivity contribution >= 4 is 23.5 Å². The highest BCUT2D eigenvalue weighted by Crippen LogP contribution is 2.20. The zero-order chi connectivity index (χ0) is 22.4. The molecule has 0 aliphatic rings. The average Bonchev–Trinajstić information content (AvgIpc) is 2.98. The summed E-state index contributed by atoms with van der Waals surface area (Å²) in [6, 6.07) is 7.76. The smallest absolute Gasteiger partial charge is 0.355 e. The fourth-order valence-corrected chi connectivity index (χ4v) is 2.90. The number of H-pyrrole nitrogens is 1. The van der Waals surface area contributed by atoms with Crippen LogP contribution in [0.25, 0.3) is 0 Å². The van der Waals surface area contributed by atoms with Gasteiger partial charge in [-0.1, -0.05) is 12.1 Å². The Morgan fingerprint density at radius 3 is 2.27 bits per heavy atom. The second kappa shape index (κ2) is 9.96. The first-order valence-corrected chi connectivity index (χ1v) is 9.70.